The molecule has 0 radical (unpaired) electrons. The summed E-state index contributed by atoms with van der Waals surface area (Å²) < 4.78 is 4.61. The smallest absolute Gasteiger partial charge is 0.354 e. The zero-order valence-corrected chi connectivity index (χ0v) is 11.5. The standard InChI is InChI=1S/C14H15N3O4/c1-21-14(18)13-7-4-11(16-13)9-15-8-10-2-5-12(6-3-10)17(19)20/h2-7,15-16H,8-9H2,1H3. The average molecular weight is 289 g/mol. The molecule has 0 aliphatic rings. The summed E-state index contributed by atoms with van der Waals surface area (Å²) in [7, 11) is 1.33. The van der Waals surface area contributed by atoms with Gasteiger partial charge in [0, 0.05) is 30.9 Å². The molecular formula is C14H15N3O4. The number of hydrogen-bond acceptors (Lipinski definition) is 5. The molecule has 21 heavy (non-hydrogen) atoms. The Morgan fingerprint density at radius 3 is 2.57 bits per heavy atom. The first-order valence-corrected chi connectivity index (χ1v) is 6.30. The molecular weight excluding hydrogens is 274 g/mol. The van der Waals surface area contributed by atoms with Crippen molar-refractivity contribution in [3.05, 3.63) is 63.5 Å². The van der Waals surface area contributed by atoms with Crippen molar-refractivity contribution in [1.82, 2.24) is 10.3 Å². The van der Waals surface area contributed by atoms with Crippen LogP contribution < -0.4 is 5.32 Å². The van der Waals surface area contributed by atoms with Gasteiger partial charge in [-0.1, -0.05) is 12.1 Å². The monoisotopic (exact) mass is 289 g/mol. The van der Waals surface area contributed by atoms with Crippen molar-refractivity contribution in [2.24, 2.45) is 0 Å². The number of ether oxygens (including phenoxy) is 1. The maximum atomic E-state index is 11.3. The number of benzene rings is 1. The third-order valence-electron chi connectivity index (χ3n) is 2.94. The van der Waals surface area contributed by atoms with Gasteiger partial charge in [0.15, 0.2) is 0 Å². The lowest BCUT2D eigenvalue weighted by atomic mass is 10.2. The molecule has 0 bridgehead atoms. The molecule has 1 heterocycles. The minimum atomic E-state index is -0.426. The van der Waals surface area contributed by atoms with E-state index in [9.17, 15) is 14.9 Å². The fraction of sp³-hybridized carbons (Fsp3) is 0.214. The minimum Gasteiger partial charge on any atom is -0.464 e. The van der Waals surface area contributed by atoms with E-state index in [-0.39, 0.29) is 5.69 Å². The minimum absolute atomic E-state index is 0.0748. The largest absolute Gasteiger partial charge is 0.464 e. The second kappa shape index (κ2) is 6.67. The lowest BCUT2D eigenvalue weighted by molar-refractivity contribution is -0.384. The van der Waals surface area contributed by atoms with E-state index in [4.69, 9.17) is 0 Å². The second-order valence-corrected chi connectivity index (χ2v) is 4.42. The van der Waals surface area contributed by atoms with E-state index in [0.717, 1.165) is 11.3 Å². The Morgan fingerprint density at radius 1 is 1.24 bits per heavy atom. The van der Waals surface area contributed by atoms with E-state index in [2.05, 4.69) is 15.0 Å². The van der Waals surface area contributed by atoms with Crippen molar-refractivity contribution in [3.8, 4) is 0 Å². The number of esters is 1. The van der Waals surface area contributed by atoms with E-state index >= 15 is 0 Å². The number of carbonyl (C=O) groups excluding carboxylic acids is 1. The summed E-state index contributed by atoms with van der Waals surface area (Å²) in [4.78, 5) is 24.3. The third-order valence-corrected chi connectivity index (χ3v) is 2.94. The number of aromatic nitrogens is 1. The summed E-state index contributed by atoms with van der Waals surface area (Å²) in [6.45, 7) is 1.12. The van der Waals surface area contributed by atoms with Crippen molar-refractivity contribution in [2.45, 2.75) is 13.1 Å². The molecule has 0 atom stereocenters. The van der Waals surface area contributed by atoms with Gasteiger partial charge in [-0.15, -0.1) is 0 Å². The molecule has 110 valence electrons. The number of nitrogens with one attached hydrogen (secondary N) is 2. The zero-order chi connectivity index (χ0) is 15.2. The predicted octanol–water partition coefficient (Wildman–Crippen LogP) is 2.00. The molecule has 7 heteroatoms. The molecule has 0 aliphatic carbocycles. The number of aromatic amines is 1. The Morgan fingerprint density at radius 2 is 1.95 bits per heavy atom. The fourth-order valence-corrected chi connectivity index (χ4v) is 1.85. The van der Waals surface area contributed by atoms with Crippen LogP contribution in [0.3, 0.4) is 0 Å². The van der Waals surface area contributed by atoms with Crippen LogP contribution in [-0.4, -0.2) is 23.0 Å². The molecule has 0 saturated heterocycles. The third kappa shape index (κ3) is 3.90. The van der Waals surface area contributed by atoms with Crippen LogP contribution in [0.1, 0.15) is 21.7 Å². The highest BCUT2D eigenvalue weighted by molar-refractivity contribution is 5.87. The molecule has 0 saturated carbocycles. The van der Waals surface area contributed by atoms with Gasteiger partial charge < -0.3 is 15.0 Å². The first kappa shape index (κ1) is 14.7. The number of methoxy groups -OCH3 is 1. The highest BCUT2D eigenvalue weighted by Gasteiger charge is 2.07. The van der Waals surface area contributed by atoms with E-state index in [0.29, 0.717) is 18.8 Å². The topological polar surface area (TPSA) is 97.3 Å². The number of hydrogen-bond donors (Lipinski definition) is 2. The first-order chi connectivity index (χ1) is 10.1. The van der Waals surface area contributed by atoms with Crippen LogP contribution in [0.15, 0.2) is 36.4 Å². The van der Waals surface area contributed by atoms with Crippen LogP contribution in [0.25, 0.3) is 0 Å². The summed E-state index contributed by atoms with van der Waals surface area (Å²) >= 11 is 0. The Kier molecular flexibility index (Phi) is 4.68. The highest BCUT2D eigenvalue weighted by Crippen LogP contribution is 2.11. The normalized spacial score (nSPS) is 10.3. The lowest BCUT2D eigenvalue weighted by Crippen LogP contribution is -2.13. The van der Waals surface area contributed by atoms with E-state index in [1.807, 2.05) is 0 Å². The van der Waals surface area contributed by atoms with Gasteiger partial charge in [0.25, 0.3) is 5.69 Å². The van der Waals surface area contributed by atoms with Crippen molar-refractivity contribution in [1.29, 1.82) is 0 Å². The Bertz CT molecular complexity index is 634. The summed E-state index contributed by atoms with van der Waals surface area (Å²) in [5.41, 5.74) is 2.29. The van der Waals surface area contributed by atoms with Gasteiger partial charge in [0.2, 0.25) is 0 Å². The number of H-pyrrole nitrogens is 1. The van der Waals surface area contributed by atoms with Crippen LogP contribution in [0, 0.1) is 10.1 Å². The lowest BCUT2D eigenvalue weighted by Gasteiger charge is -2.03. The quantitative estimate of drug-likeness (QED) is 0.481. The summed E-state index contributed by atoms with van der Waals surface area (Å²) in [6.07, 6.45) is 0. The molecule has 0 amide bonds. The highest BCUT2D eigenvalue weighted by atomic mass is 16.6. The van der Waals surface area contributed by atoms with Crippen LogP contribution in [0.4, 0.5) is 5.69 Å². The van der Waals surface area contributed by atoms with Crippen LogP contribution in [0.5, 0.6) is 0 Å². The van der Waals surface area contributed by atoms with Gasteiger partial charge in [-0.2, -0.15) is 0 Å². The number of nitro benzene ring substituents is 1. The molecule has 7 nitrogen and oxygen atoms in total. The SMILES string of the molecule is COC(=O)c1ccc(CNCc2ccc([N+](=O)[O-])cc2)[nH]1. The van der Waals surface area contributed by atoms with Crippen molar-refractivity contribution in [2.75, 3.05) is 7.11 Å². The van der Waals surface area contributed by atoms with E-state index in [1.165, 1.54) is 19.2 Å². The summed E-state index contributed by atoms with van der Waals surface area (Å²) in [6, 6.07) is 9.82. The maximum absolute atomic E-state index is 11.3. The number of rotatable bonds is 6. The Balaban J connectivity index is 1.85. The summed E-state index contributed by atoms with van der Waals surface area (Å²) in [5, 5.41) is 13.7. The van der Waals surface area contributed by atoms with Gasteiger partial charge in [-0.3, -0.25) is 10.1 Å². The Labute approximate surface area is 121 Å². The van der Waals surface area contributed by atoms with Crippen LogP contribution in [0.2, 0.25) is 0 Å². The van der Waals surface area contributed by atoms with Gasteiger partial charge in [-0.25, -0.2) is 4.79 Å². The Hall–Kier alpha value is -2.67. The molecule has 0 spiro atoms. The fourth-order valence-electron chi connectivity index (χ4n) is 1.85. The van der Waals surface area contributed by atoms with Gasteiger partial charge >= 0.3 is 5.97 Å². The molecule has 0 fully saturated rings. The molecule has 1 aromatic heterocycles. The van der Waals surface area contributed by atoms with Crippen molar-refractivity contribution >= 4 is 11.7 Å². The second-order valence-electron chi connectivity index (χ2n) is 4.42. The molecule has 1 aromatic carbocycles. The molecule has 2 rings (SSSR count). The van der Waals surface area contributed by atoms with Gasteiger partial charge in [-0.05, 0) is 17.7 Å². The summed E-state index contributed by atoms with van der Waals surface area (Å²) in [5.74, 6) is -0.406. The average Bonchev–Trinajstić information content (AvgIpc) is 2.96. The number of nitro groups is 1. The number of non-ortho nitro benzene ring substituents is 1. The van der Waals surface area contributed by atoms with Crippen LogP contribution >= 0.6 is 0 Å². The van der Waals surface area contributed by atoms with Crippen LogP contribution in [-0.2, 0) is 17.8 Å². The maximum Gasteiger partial charge on any atom is 0.354 e. The van der Waals surface area contributed by atoms with E-state index < -0.39 is 10.9 Å². The first-order valence-electron chi connectivity index (χ1n) is 6.30. The van der Waals surface area contributed by atoms with Crippen molar-refractivity contribution in [3.63, 3.8) is 0 Å². The van der Waals surface area contributed by atoms with Crippen molar-refractivity contribution < 1.29 is 14.5 Å². The molecule has 2 aromatic rings. The van der Waals surface area contributed by atoms with E-state index in [1.54, 1.807) is 24.3 Å². The van der Waals surface area contributed by atoms with Gasteiger partial charge in [0.1, 0.15) is 5.69 Å². The number of carbonyl (C=O) groups is 1. The van der Waals surface area contributed by atoms with Gasteiger partial charge in [0.05, 0.1) is 12.0 Å². The zero-order valence-electron chi connectivity index (χ0n) is 11.5. The molecule has 2 N–H and O–H groups in total. The predicted molar refractivity (Wildman–Crippen MR) is 75.8 cm³/mol. The molecule has 0 aliphatic heterocycles. The number of nitrogens with zero attached hydrogens (tertiary/aromatic N) is 1. The molecule has 0 unspecified atom stereocenters.